The molecule has 29 heavy (non-hydrogen) atoms. The molecule has 2 aromatic heterocycles. The van der Waals surface area contributed by atoms with Gasteiger partial charge in [-0.3, -0.25) is 0 Å². The minimum absolute atomic E-state index is 0.810. The smallest absolute Gasteiger partial charge is 0.159 e. The predicted molar refractivity (Wildman–Crippen MR) is 123 cm³/mol. The van der Waals surface area contributed by atoms with Crippen molar-refractivity contribution in [1.29, 1.82) is 0 Å². The number of fused-ring (bicyclic) bond motifs is 6. The molecule has 0 bridgehead atoms. The lowest BCUT2D eigenvalue weighted by atomic mass is 9.86. The Labute approximate surface area is 175 Å². The molecular weight excluding hydrogens is 376 g/mol. The summed E-state index contributed by atoms with van der Waals surface area (Å²) >= 11 is 6.30. The Kier molecular flexibility index (Phi) is 4.87. The number of nitrogens with zero attached hydrogens (tertiary/aromatic N) is 2. The molecule has 0 atom stereocenters. The van der Waals surface area contributed by atoms with Crippen LogP contribution in [0.3, 0.4) is 0 Å². The maximum absolute atomic E-state index is 6.30. The van der Waals surface area contributed by atoms with Gasteiger partial charge in [0.2, 0.25) is 0 Å². The highest BCUT2D eigenvalue weighted by Gasteiger charge is 2.13. The molecular formula is C26H21ClN2. The summed E-state index contributed by atoms with van der Waals surface area (Å²) in [5.41, 5.74) is 3.91. The van der Waals surface area contributed by atoms with Crippen LogP contribution in [0.5, 0.6) is 0 Å². The summed E-state index contributed by atoms with van der Waals surface area (Å²) in [5, 5.41) is 7.14. The van der Waals surface area contributed by atoms with E-state index < -0.39 is 0 Å². The first kappa shape index (κ1) is 18.1. The standard InChI is InChI=1S/C18H15Cl.C8H6N2/c19-18-7-3-6-14-16-9-8-12-4-1-2-5-13(12)15(16)10-11-17(14)18;1-3-7-4-2-6-10-8(7)9-5-1/h3,6-11H,1-2,4-5H2;1-6H. The minimum Gasteiger partial charge on any atom is -0.237 e. The zero-order valence-electron chi connectivity index (χ0n) is 16.1. The van der Waals surface area contributed by atoms with Gasteiger partial charge in [-0.2, -0.15) is 0 Å². The summed E-state index contributed by atoms with van der Waals surface area (Å²) < 4.78 is 0. The van der Waals surface area contributed by atoms with E-state index in [0.717, 1.165) is 21.4 Å². The number of hydrogen-bond donors (Lipinski definition) is 0. The van der Waals surface area contributed by atoms with Crippen molar-refractivity contribution in [3.05, 3.63) is 95.3 Å². The topological polar surface area (TPSA) is 25.8 Å². The van der Waals surface area contributed by atoms with Crippen molar-refractivity contribution in [2.24, 2.45) is 0 Å². The molecule has 1 aliphatic carbocycles. The molecule has 2 heterocycles. The van der Waals surface area contributed by atoms with Gasteiger partial charge in [0.05, 0.1) is 0 Å². The summed E-state index contributed by atoms with van der Waals surface area (Å²) in [6, 6.07) is 23.0. The molecule has 2 nitrogen and oxygen atoms in total. The van der Waals surface area contributed by atoms with Crippen LogP contribution in [0.4, 0.5) is 0 Å². The van der Waals surface area contributed by atoms with Gasteiger partial charge < -0.3 is 0 Å². The lowest BCUT2D eigenvalue weighted by molar-refractivity contribution is 0.690. The van der Waals surface area contributed by atoms with Crippen LogP contribution in [-0.2, 0) is 12.8 Å². The summed E-state index contributed by atoms with van der Waals surface area (Å²) in [4.78, 5) is 8.14. The molecule has 0 unspecified atom stereocenters. The summed E-state index contributed by atoms with van der Waals surface area (Å²) in [6.07, 6.45) is 8.60. The molecule has 1 aliphatic rings. The van der Waals surface area contributed by atoms with Gasteiger partial charge in [-0.15, -0.1) is 0 Å². The van der Waals surface area contributed by atoms with Crippen LogP contribution in [0, 0.1) is 0 Å². The number of pyridine rings is 2. The maximum Gasteiger partial charge on any atom is 0.159 e. The van der Waals surface area contributed by atoms with Gasteiger partial charge in [-0.1, -0.05) is 48.0 Å². The van der Waals surface area contributed by atoms with Gasteiger partial charge in [-0.25, -0.2) is 9.97 Å². The SMILES string of the molecule is Clc1cccc2c1ccc1c3c(ccc12)CCCC3.c1cnc2ncccc2c1. The lowest BCUT2D eigenvalue weighted by Crippen LogP contribution is -2.03. The third kappa shape index (κ3) is 3.45. The van der Waals surface area contributed by atoms with Crippen molar-refractivity contribution in [2.75, 3.05) is 0 Å². The van der Waals surface area contributed by atoms with E-state index in [0.29, 0.717) is 0 Å². The Morgan fingerprint density at radius 3 is 2.10 bits per heavy atom. The molecule has 6 rings (SSSR count). The van der Waals surface area contributed by atoms with Gasteiger partial charge in [0.15, 0.2) is 5.65 Å². The third-order valence-electron chi connectivity index (χ3n) is 5.71. The lowest BCUT2D eigenvalue weighted by Gasteiger charge is -2.18. The zero-order chi connectivity index (χ0) is 19.6. The maximum atomic E-state index is 6.30. The second-order valence-electron chi connectivity index (χ2n) is 7.46. The van der Waals surface area contributed by atoms with E-state index in [1.807, 2.05) is 36.4 Å². The average Bonchev–Trinajstić information content (AvgIpc) is 2.79. The van der Waals surface area contributed by atoms with Crippen molar-refractivity contribution >= 4 is 44.2 Å². The number of rotatable bonds is 0. The van der Waals surface area contributed by atoms with Crippen molar-refractivity contribution in [3.8, 4) is 0 Å². The first-order valence-electron chi connectivity index (χ1n) is 10.1. The fraction of sp³-hybridized carbons (Fsp3) is 0.154. The largest absolute Gasteiger partial charge is 0.237 e. The molecule has 142 valence electrons. The molecule has 3 heteroatoms. The number of aryl methyl sites for hydroxylation is 2. The molecule has 0 spiro atoms. The van der Waals surface area contributed by atoms with Crippen LogP contribution in [0.1, 0.15) is 24.0 Å². The van der Waals surface area contributed by atoms with Crippen molar-refractivity contribution < 1.29 is 0 Å². The molecule has 0 saturated carbocycles. The fourth-order valence-corrected chi connectivity index (χ4v) is 4.53. The Balaban J connectivity index is 0.000000153. The summed E-state index contributed by atoms with van der Waals surface area (Å²) in [6.45, 7) is 0. The minimum atomic E-state index is 0.810. The van der Waals surface area contributed by atoms with Crippen LogP contribution in [-0.4, -0.2) is 9.97 Å². The molecule has 0 amide bonds. The van der Waals surface area contributed by atoms with Crippen LogP contribution >= 0.6 is 11.6 Å². The van der Waals surface area contributed by atoms with Crippen LogP contribution in [0.15, 0.2) is 79.1 Å². The molecule has 5 aromatic rings. The molecule has 0 aliphatic heterocycles. The van der Waals surface area contributed by atoms with E-state index >= 15 is 0 Å². The molecule has 0 saturated heterocycles. The van der Waals surface area contributed by atoms with E-state index in [2.05, 4.69) is 40.3 Å². The third-order valence-corrected chi connectivity index (χ3v) is 6.04. The first-order valence-corrected chi connectivity index (χ1v) is 10.5. The van der Waals surface area contributed by atoms with Gasteiger partial charge in [0.25, 0.3) is 0 Å². The Morgan fingerprint density at radius 2 is 1.31 bits per heavy atom. The van der Waals surface area contributed by atoms with E-state index in [4.69, 9.17) is 11.6 Å². The quantitative estimate of drug-likeness (QED) is 0.259. The fourth-order valence-electron chi connectivity index (χ4n) is 4.30. The van der Waals surface area contributed by atoms with Gasteiger partial charge in [0, 0.05) is 28.2 Å². The van der Waals surface area contributed by atoms with Crippen LogP contribution in [0.25, 0.3) is 32.6 Å². The van der Waals surface area contributed by atoms with E-state index in [9.17, 15) is 0 Å². The van der Waals surface area contributed by atoms with E-state index in [1.54, 1.807) is 23.5 Å². The second-order valence-corrected chi connectivity index (χ2v) is 7.87. The number of halogens is 1. The summed E-state index contributed by atoms with van der Waals surface area (Å²) in [5.74, 6) is 0. The molecule has 3 aromatic carbocycles. The first-order chi connectivity index (χ1) is 14.3. The van der Waals surface area contributed by atoms with Crippen molar-refractivity contribution in [3.63, 3.8) is 0 Å². The van der Waals surface area contributed by atoms with Gasteiger partial charge in [-0.05, 0) is 83.3 Å². The normalized spacial score (nSPS) is 13.1. The zero-order valence-corrected chi connectivity index (χ0v) is 16.9. The average molecular weight is 397 g/mol. The van der Waals surface area contributed by atoms with E-state index in [-0.39, 0.29) is 0 Å². The summed E-state index contributed by atoms with van der Waals surface area (Å²) in [7, 11) is 0. The molecule has 0 N–H and O–H groups in total. The van der Waals surface area contributed by atoms with Crippen molar-refractivity contribution in [2.45, 2.75) is 25.7 Å². The second kappa shape index (κ2) is 7.81. The highest BCUT2D eigenvalue weighted by Crippen LogP contribution is 2.35. The van der Waals surface area contributed by atoms with Crippen molar-refractivity contribution in [1.82, 2.24) is 9.97 Å². The number of benzene rings is 3. The van der Waals surface area contributed by atoms with Gasteiger partial charge >= 0.3 is 0 Å². The Hall–Kier alpha value is -2.97. The van der Waals surface area contributed by atoms with Gasteiger partial charge in [0.1, 0.15) is 0 Å². The predicted octanol–water partition coefficient (Wildman–Crippen LogP) is 7.16. The Bertz CT molecular complexity index is 1260. The molecule has 0 radical (unpaired) electrons. The van der Waals surface area contributed by atoms with Crippen LogP contribution in [0.2, 0.25) is 5.02 Å². The van der Waals surface area contributed by atoms with Crippen LogP contribution < -0.4 is 0 Å². The highest BCUT2D eigenvalue weighted by molar-refractivity contribution is 6.36. The van der Waals surface area contributed by atoms with E-state index in [1.165, 1.54) is 41.8 Å². The molecule has 0 fully saturated rings. The Morgan fingerprint density at radius 1 is 0.621 bits per heavy atom. The number of hydrogen-bond acceptors (Lipinski definition) is 2. The number of aromatic nitrogens is 2. The highest BCUT2D eigenvalue weighted by atomic mass is 35.5. The monoisotopic (exact) mass is 396 g/mol.